The Bertz CT molecular complexity index is 165. The average molecular weight is 189 g/mol. The van der Waals surface area contributed by atoms with Crippen molar-refractivity contribution >= 4 is 18.0 Å². The van der Waals surface area contributed by atoms with E-state index in [1.807, 2.05) is 11.8 Å². The average Bonchev–Trinajstić information content (AvgIpc) is 2.52. The lowest BCUT2D eigenvalue weighted by Gasteiger charge is -2.15. The fourth-order valence-corrected chi connectivity index (χ4v) is 1.79. The summed E-state index contributed by atoms with van der Waals surface area (Å²) in [5, 5.41) is 8.62. The van der Waals surface area contributed by atoms with E-state index >= 15 is 0 Å². The van der Waals surface area contributed by atoms with Crippen molar-refractivity contribution in [3.05, 3.63) is 0 Å². The van der Waals surface area contributed by atoms with Crippen LogP contribution >= 0.6 is 11.9 Å². The molecule has 0 aliphatic carbocycles. The first-order valence-electron chi connectivity index (χ1n) is 4.16. The minimum absolute atomic E-state index is 0.0362. The lowest BCUT2D eigenvalue weighted by molar-refractivity contribution is 0.209. The first-order chi connectivity index (χ1) is 5.77. The van der Waals surface area contributed by atoms with Gasteiger partial charge in [-0.05, 0) is 13.3 Å². The summed E-state index contributed by atoms with van der Waals surface area (Å²) in [6.07, 6.45) is 1.01. The van der Waals surface area contributed by atoms with Gasteiger partial charge in [-0.15, -0.1) is 0 Å². The van der Waals surface area contributed by atoms with Crippen molar-refractivity contribution in [2.75, 3.05) is 19.6 Å². The van der Waals surface area contributed by atoms with Gasteiger partial charge in [0.15, 0.2) is 0 Å². The second kappa shape index (κ2) is 4.57. The van der Waals surface area contributed by atoms with Crippen molar-refractivity contribution in [3.63, 3.8) is 0 Å². The summed E-state index contributed by atoms with van der Waals surface area (Å²) in [7, 11) is 0. The van der Waals surface area contributed by atoms with Gasteiger partial charge in [-0.25, -0.2) is 4.79 Å². The molecule has 3 N–H and O–H groups in total. The topological polar surface area (TPSA) is 58.4 Å². The highest BCUT2D eigenvalue weighted by Crippen LogP contribution is 2.17. The van der Waals surface area contributed by atoms with E-state index in [-0.39, 0.29) is 6.03 Å². The van der Waals surface area contributed by atoms with E-state index in [1.165, 1.54) is 11.9 Å². The lowest BCUT2D eigenvalue weighted by atomic mass is 10.4. The molecule has 0 aromatic rings. The molecule has 0 aromatic heterocycles. The molecule has 1 fully saturated rings. The zero-order chi connectivity index (χ0) is 8.97. The Morgan fingerprint density at radius 3 is 3.08 bits per heavy atom. The Hall–Kier alpha value is -0.420. The number of carbonyl (C=O) groups is 1. The molecular formula is C7H15N3OS. The van der Waals surface area contributed by atoms with Gasteiger partial charge < -0.3 is 10.2 Å². The molecule has 1 atom stereocenters. The molecule has 1 unspecified atom stereocenters. The fraction of sp³-hybridized carbons (Fsp3) is 0.857. The molecule has 1 aliphatic rings. The van der Waals surface area contributed by atoms with Crippen molar-refractivity contribution in [3.8, 4) is 0 Å². The molecule has 1 saturated heterocycles. The van der Waals surface area contributed by atoms with Gasteiger partial charge in [-0.2, -0.15) is 0 Å². The maximum absolute atomic E-state index is 11.3. The third kappa shape index (κ3) is 2.28. The molecule has 0 spiro atoms. The number of nitrogens with two attached hydrogens (primary N) is 1. The minimum Gasteiger partial charge on any atom is -0.338 e. The SMILES string of the molecule is CCNC(=O)N1CCC(SN)C1. The summed E-state index contributed by atoms with van der Waals surface area (Å²) in [6, 6.07) is 0.0362. The first kappa shape index (κ1) is 9.67. The smallest absolute Gasteiger partial charge is 0.317 e. The molecule has 1 aliphatic heterocycles. The maximum Gasteiger partial charge on any atom is 0.317 e. The van der Waals surface area contributed by atoms with E-state index in [0.29, 0.717) is 11.8 Å². The van der Waals surface area contributed by atoms with E-state index in [9.17, 15) is 4.79 Å². The van der Waals surface area contributed by atoms with Crippen molar-refractivity contribution < 1.29 is 4.79 Å². The first-order valence-corrected chi connectivity index (χ1v) is 5.10. The van der Waals surface area contributed by atoms with Crippen LogP contribution in [0.4, 0.5) is 4.79 Å². The van der Waals surface area contributed by atoms with Crippen LogP contribution in [0, 0.1) is 0 Å². The highest BCUT2D eigenvalue weighted by atomic mass is 32.2. The van der Waals surface area contributed by atoms with Gasteiger partial charge >= 0.3 is 6.03 Å². The third-order valence-electron chi connectivity index (χ3n) is 1.95. The normalized spacial score (nSPS) is 22.8. The molecule has 1 heterocycles. The summed E-state index contributed by atoms with van der Waals surface area (Å²) >= 11 is 1.35. The minimum atomic E-state index is 0.0362. The van der Waals surface area contributed by atoms with Gasteiger partial charge in [-0.3, -0.25) is 5.14 Å². The van der Waals surface area contributed by atoms with Crippen LogP contribution in [0.2, 0.25) is 0 Å². The van der Waals surface area contributed by atoms with Crippen LogP contribution in [0.3, 0.4) is 0 Å². The number of nitrogens with one attached hydrogen (secondary N) is 1. The number of nitrogens with zero attached hydrogens (tertiary/aromatic N) is 1. The zero-order valence-corrected chi connectivity index (χ0v) is 8.06. The van der Waals surface area contributed by atoms with Crippen LogP contribution in [0.25, 0.3) is 0 Å². The third-order valence-corrected chi connectivity index (χ3v) is 2.72. The monoisotopic (exact) mass is 189 g/mol. The van der Waals surface area contributed by atoms with Gasteiger partial charge in [0.2, 0.25) is 0 Å². The number of rotatable bonds is 2. The summed E-state index contributed by atoms with van der Waals surface area (Å²) in [6.45, 7) is 4.23. The quantitative estimate of drug-likeness (QED) is 0.618. The van der Waals surface area contributed by atoms with Crippen LogP contribution < -0.4 is 10.5 Å². The van der Waals surface area contributed by atoms with E-state index in [1.54, 1.807) is 0 Å². The van der Waals surface area contributed by atoms with Crippen molar-refractivity contribution in [2.24, 2.45) is 5.14 Å². The summed E-state index contributed by atoms with van der Waals surface area (Å²) in [5.74, 6) is 0. The van der Waals surface area contributed by atoms with Crippen molar-refractivity contribution in [1.82, 2.24) is 10.2 Å². The molecule has 1 rings (SSSR count). The molecule has 4 nitrogen and oxygen atoms in total. The molecule has 5 heteroatoms. The standard InChI is InChI=1S/C7H15N3OS/c1-2-9-7(11)10-4-3-6(5-10)12-8/h6H,2-5,8H2,1H3,(H,9,11). The number of urea groups is 1. The summed E-state index contributed by atoms with van der Waals surface area (Å²) in [4.78, 5) is 13.1. The van der Waals surface area contributed by atoms with E-state index in [2.05, 4.69) is 5.32 Å². The van der Waals surface area contributed by atoms with Gasteiger partial charge in [0, 0.05) is 24.9 Å². The summed E-state index contributed by atoms with van der Waals surface area (Å²) in [5.41, 5.74) is 0. The van der Waals surface area contributed by atoms with Crippen LogP contribution in [-0.2, 0) is 0 Å². The molecule has 0 aromatic carbocycles. The van der Waals surface area contributed by atoms with Gasteiger partial charge in [0.25, 0.3) is 0 Å². The maximum atomic E-state index is 11.3. The highest BCUT2D eigenvalue weighted by Gasteiger charge is 2.25. The molecular weight excluding hydrogens is 174 g/mol. The van der Waals surface area contributed by atoms with E-state index < -0.39 is 0 Å². The Labute approximate surface area is 77.0 Å². The second-order valence-electron chi connectivity index (χ2n) is 2.83. The number of carbonyl (C=O) groups excluding carboxylic acids is 1. The van der Waals surface area contributed by atoms with Crippen LogP contribution in [0.5, 0.6) is 0 Å². The Morgan fingerprint density at radius 2 is 2.58 bits per heavy atom. The number of amides is 2. The van der Waals surface area contributed by atoms with E-state index in [4.69, 9.17) is 5.14 Å². The number of likely N-dealkylation sites (tertiary alicyclic amines) is 1. The van der Waals surface area contributed by atoms with Crippen LogP contribution in [0.1, 0.15) is 13.3 Å². The second-order valence-corrected chi connectivity index (χ2v) is 3.77. The highest BCUT2D eigenvalue weighted by molar-refractivity contribution is 7.97. The predicted molar refractivity (Wildman–Crippen MR) is 50.8 cm³/mol. The molecule has 70 valence electrons. The molecule has 0 bridgehead atoms. The van der Waals surface area contributed by atoms with Gasteiger partial charge in [0.05, 0.1) is 0 Å². The Balaban J connectivity index is 2.31. The van der Waals surface area contributed by atoms with Crippen LogP contribution in [0.15, 0.2) is 0 Å². The molecule has 12 heavy (non-hydrogen) atoms. The van der Waals surface area contributed by atoms with E-state index in [0.717, 1.165) is 19.5 Å². The van der Waals surface area contributed by atoms with Crippen LogP contribution in [-0.4, -0.2) is 35.8 Å². The molecule has 0 saturated carbocycles. The predicted octanol–water partition coefficient (Wildman–Crippen LogP) is 0.397. The number of hydrogen-bond donors (Lipinski definition) is 2. The van der Waals surface area contributed by atoms with Gasteiger partial charge in [0.1, 0.15) is 0 Å². The summed E-state index contributed by atoms with van der Waals surface area (Å²) < 4.78 is 0. The Kier molecular flexibility index (Phi) is 3.68. The zero-order valence-electron chi connectivity index (χ0n) is 7.25. The van der Waals surface area contributed by atoms with Crippen molar-refractivity contribution in [1.29, 1.82) is 0 Å². The lowest BCUT2D eigenvalue weighted by Crippen LogP contribution is -2.38. The Morgan fingerprint density at radius 1 is 1.83 bits per heavy atom. The molecule has 0 radical (unpaired) electrons. The van der Waals surface area contributed by atoms with Gasteiger partial charge in [-0.1, -0.05) is 11.9 Å². The largest absolute Gasteiger partial charge is 0.338 e. The number of hydrogen-bond acceptors (Lipinski definition) is 3. The fourth-order valence-electron chi connectivity index (χ4n) is 1.29. The molecule has 2 amide bonds. The van der Waals surface area contributed by atoms with Crippen molar-refractivity contribution in [2.45, 2.75) is 18.6 Å².